The number of aromatic nitrogens is 1. The molecule has 9 heteroatoms. The summed E-state index contributed by atoms with van der Waals surface area (Å²) in [5.41, 5.74) is 0.747. The highest BCUT2D eigenvalue weighted by Gasteiger charge is 2.21. The van der Waals surface area contributed by atoms with E-state index < -0.39 is 19.9 Å². The van der Waals surface area contributed by atoms with Gasteiger partial charge in [-0.25, -0.2) is 14.2 Å². The highest BCUT2D eigenvalue weighted by Crippen LogP contribution is 2.26. The molecule has 1 aromatic heterocycles. The normalized spacial score (nSPS) is 11.0. The van der Waals surface area contributed by atoms with Crippen LogP contribution in [0.25, 0.3) is 0 Å². The van der Waals surface area contributed by atoms with Crippen LogP contribution in [-0.2, 0) is 16.1 Å². The van der Waals surface area contributed by atoms with Gasteiger partial charge in [-0.2, -0.15) is 0 Å². The van der Waals surface area contributed by atoms with Gasteiger partial charge in [0.1, 0.15) is 17.2 Å². The van der Waals surface area contributed by atoms with Crippen LogP contribution in [-0.4, -0.2) is 32.5 Å². The highest BCUT2D eigenvalue weighted by molar-refractivity contribution is 14.1. The maximum atomic E-state index is 14.2. The average molecular weight is 501 g/mol. The summed E-state index contributed by atoms with van der Waals surface area (Å²) in [6.07, 6.45) is 0.459. The molecule has 144 valence electrons. The third-order valence-corrected chi connectivity index (χ3v) is 6.83. The Morgan fingerprint density at radius 3 is 2.59 bits per heavy atom. The molecular weight excluding hydrogens is 480 g/mol. The summed E-state index contributed by atoms with van der Waals surface area (Å²) in [6.45, 7) is 6.69. The van der Waals surface area contributed by atoms with Gasteiger partial charge in [-0.05, 0) is 40.8 Å². The van der Waals surface area contributed by atoms with Crippen LogP contribution in [0.15, 0.2) is 24.3 Å². The predicted molar refractivity (Wildman–Crippen MR) is 114 cm³/mol. The quantitative estimate of drug-likeness (QED) is 0.264. The van der Waals surface area contributed by atoms with Gasteiger partial charge in [-0.1, -0.05) is 30.9 Å². The van der Waals surface area contributed by atoms with Crippen LogP contribution in [0, 0.1) is 9.39 Å². The summed E-state index contributed by atoms with van der Waals surface area (Å²) in [6, 6.07) is 7.13. The molecule has 0 aliphatic rings. The molecule has 1 aromatic carbocycles. The lowest BCUT2D eigenvalue weighted by molar-refractivity contribution is -0.109. The number of hydrogen-bond donors (Lipinski definition) is 2. The molecule has 2 rings (SSSR count). The minimum absolute atomic E-state index is 0.0186. The summed E-state index contributed by atoms with van der Waals surface area (Å²) in [5.74, 6) is -1.23. The Bertz CT molecular complexity index is 872. The van der Waals surface area contributed by atoms with Gasteiger partial charge >= 0.3 is 5.97 Å². The van der Waals surface area contributed by atoms with E-state index in [1.165, 1.54) is 12.3 Å². The number of nitrogens with zero attached hydrogens (tertiary/aromatic N) is 1. The monoisotopic (exact) mass is 501 g/mol. The molecule has 0 radical (unpaired) electrons. The minimum Gasteiger partial charge on any atom is -0.465 e. The van der Waals surface area contributed by atoms with Crippen molar-refractivity contribution in [2.24, 2.45) is 0 Å². The Balaban J connectivity index is 2.46. The third-order valence-electron chi connectivity index (χ3n) is 3.89. The van der Waals surface area contributed by atoms with Crippen molar-refractivity contribution >= 4 is 59.7 Å². The van der Waals surface area contributed by atoms with Gasteiger partial charge in [0, 0.05) is 3.57 Å². The van der Waals surface area contributed by atoms with E-state index in [0.29, 0.717) is 6.41 Å². The number of esters is 1. The van der Waals surface area contributed by atoms with Gasteiger partial charge in [0.2, 0.25) is 6.41 Å². The van der Waals surface area contributed by atoms with Gasteiger partial charge in [0.25, 0.3) is 0 Å². The van der Waals surface area contributed by atoms with E-state index in [9.17, 15) is 14.0 Å². The Kier molecular flexibility index (Phi) is 6.93. The zero-order valence-electron chi connectivity index (χ0n) is 15.5. The first kappa shape index (κ1) is 21.3. The average Bonchev–Trinajstić information content (AvgIpc) is 2.61. The number of methoxy groups -OCH3 is 1. The van der Waals surface area contributed by atoms with Crippen molar-refractivity contribution in [2.75, 3.05) is 12.4 Å². The van der Waals surface area contributed by atoms with Crippen LogP contribution in [0.2, 0.25) is 19.6 Å². The second kappa shape index (κ2) is 8.78. The van der Waals surface area contributed by atoms with E-state index in [1.54, 1.807) is 0 Å². The lowest BCUT2D eigenvalue weighted by Gasteiger charge is -2.19. The molecule has 2 aromatic rings. The van der Waals surface area contributed by atoms with E-state index in [0.717, 1.165) is 15.3 Å². The molecule has 1 heterocycles. The molecule has 2 N–H and O–H groups in total. The molecule has 0 aliphatic carbocycles. The number of hydrogen-bond acceptors (Lipinski definition) is 5. The third kappa shape index (κ3) is 5.25. The maximum absolute atomic E-state index is 14.2. The number of carbonyl (C=O) groups is 2. The number of ether oxygens (including phenoxy) is 1. The van der Waals surface area contributed by atoms with Gasteiger partial charge in [-0.3, -0.25) is 4.79 Å². The Hall–Kier alpha value is -2.01. The SMILES string of the molecule is COC(=O)c1cc(F)c(CNC=O)nc1Nc1ccc([Si](C)(C)C)cc1I. The Labute approximate surface area is 172 Å². The number of carbonyl (C=O) groups excluding carboxylic acids is 2. The molecule has 0 spiro atoms. The molecule has 0 saturated carbocycles. The first-order valence-corrected chi connectivity index (χ1v) is 12.8. The molecule has 0 saturated heterocycles. The molecule has 0 aliphatic heterocycles. The van der Waals surface area contributed by atoms with Gasteiger partial charge in [0.15, 0.2) is 0 Å². The van der Waals surface area contributed by atoms with E-state index >= 15 is 0 Å². The second-order valence-electron chi connectivity index (χ2n) is 6.87. The van der Waals surface area contributed by atoms with Crippen molar-refractivity contribution in [3.05, 3.63) is 44.9 Å². The molecule has 0 bridgehead atoms. The first-order chi connectivity index (χ1) is 12.7. The molecule has 0 atom stereocenters. The van der Waals surface area contributed by atoms with Crippen molar-refractivity contribution < 1.29 is 18.7 Å². The first-order valence-electron chi connectivity index (χ1n) is 8.19. The number of nitrogens with one attached hydrogen (secondary N) is 2. The molecule has 0 unspecified atom stereocenters. The van der Waals surface area contributed by atoms with Crippen molar-refractivity contribution in [2.45, 2.75) is 26.2 Å². The van der Waals surface area contributed by atoms with E-state index in [-0.39, 0.29) is 23.6 Å². The number of amides is 1. The Morgan fingerprint density at radius 1 is 1.33 bits per heavy atom. The van der Waals surface area contributed by atoms with Gasteiger partial charge in [0.05, 0.1) is 33.1 Å². The molecule has 1 amide bonds. The standard InChI is InChI=1S/C18H21FIN3O3Si/c1-26-18(25)12-8-13(19)16(9-21-10-24)23-17(12)22-15-6-5-11(7-14(15)20)27(2,3)4/h5-8,10H,9H2,1-4H3,(H,21,24)(H,22,23). The van der Waals surface area contributed by atoms with Crippen molar-refractivity contribution in [1.29, 1.82) is 0 Å². The van der Waals surface area contributed by atoms with Crippen molar-refractivity contribution in [3.8, 4) is 0 Å². The topological polar surface area (TPSA) is 80.3 Å². The van der Waals surface area contributed by atoms with E-state index in [2.05, 4.69) is 63.9 Å². The van der Waals surface area contributed by atoms with Crippen LogP contribution in [0.3, 0.4) is 0 Å². The van der Waals surface area contributed by atoms with Crippen LogP contribution in [0.5, 0.6) is 0 Å². The fourth-order valence-electron chi connectivity index (χ4n) is 2.36. The summed E-state index contributed by atoms with van der Waals surface area (Å²) >= 11 is 2.21. The predicted octanol–water partition coefficient (Wildman–Crippen LogP) is 3.15. The number of pyridine rings is 1. The summed E-state index contributed by atoms with van der Waals surface area (Å²) in [5, 5.41) is 6.76. The minimum atomic E-state index is -1.46. The molecule has 27 heavy (non-hydrogen) atoms. The largest absolute Gasteiger partial charge is 0.465 e. The van der Waals surface area contributed by atoms with Crippen molar-refractivity contribution in [1.82, 2.24) is 10.3 Å². The zero-order valence-corrected chi connectivity index (χ0v) is 18.7. The van der Waals surface area contributed by atoms with E-state index in [4.69, 9.17) is 4.74 Å². The van der Waals surface area contributed by atoms with Gasteiger partial charge < -0.3 is 15.4 Å². The summed E-state index contributed by atoms with van der Waals surface area (Å²) in [4.78, 5) is 26.7. The smallest absolute Gasteiger partial charge is 0.341 e. The van der Waals surface area contributed by atoms with Crippen LogP contribution in [0.1, 0.15) is 16.1 Å². The van der Waals surface area contributed by atoms with Crippen LogP contribution >= 0.6 is 22.6 Å². The van der Waals surface area contributed by atoms with Crippen LogP contribution < -0.4 is 15.8 Å². The van der Waals surface area contributed by atoms with Crippen LogP contribution in [0.4, 0.5) is 15.9 Å². The summed E-state index contributed by atoms with van der Waals surface area (Å²) < 4.78 is 19.9. The lowest BCUT2D eigenvalue weighted by Crippen LogP contribution is -2.37. The molecule has 0 fully saturated rings. The Morgan fingerprint density at radius 2 is 2.04 bits per heavy atom. The number of anilines is 2. The van der Waals surface area contributed by atoms with Crippen molar-refractivity contribution in [3.63, 3.8) is 0 Å². The summed E-state index contributed by atoms with van der Waals surface area (Å²) in [7, 11) is -0.238. The lowest BCUT2D eigenvalue weighted by atomic mass is 10.2. The molecule has 6 nitrogen and oxygen atoms in total. The zero-order chi connectivity index (χ0) is 20.2. The highest BCUT2D eigenvalue weighted by atomic mass is 127. The fraction of sp³-hybridized carbons (Fsp3) is 0.278. The number of rotatable bonds is 7. The fourth-order valence-corrected chi connectivity index (χ4v) is 4.47. The van der Waals surface area contributed by atoms with Gasteiger partial charge in [-0.15, -0.1) is 0 Å². The maximum Gasteiger partial charge on any atom is 0.341 e. The second-order valence-corrected chi connectivity index (χ2v) is 13.1. The number of halogens is 2. The molecular formula is C18H21FIN3O3Si. The number of benzene rings is 1. The van der Waals surface area contributed by atoms with E-state index in [1.807, 2.05) is 12.1 Å².